The van der Waals surface area contributed by atoms with Crippen LogP contribution in [0.2, 0.25) is 0 Å². The molecule has 0 spiro atoms. The van der Waals surface area contributed by atoms with Crippen LogP contribution in [0.25, 0.3) is 0 Å². The maximum atomic E-state index is 12.2. The third-order valence-electron chi connectivity index (χ3n) is 6.14. The zero-order chi connectivity index (χ0) is 17.6. The van der Waals surface area contributed by atoms with Gasteiger partial charge in [0.25, 0.3) is 0 Å². The summed E-state index contributed by atoms with van der Waals surface area (Å²) in [7, 11) is 2.71. The lowest BCUT2D eigenvalue weighted by atomic mass is 9.69. The Morgan fingerprint density at radius 3 is 1.67 bits per heavy atom. The van der Waals surface area contributed by atoms with E-state index in [0.717, 1.165) is 19.3 Å². The second kappa shape index (κ2) is 6.22. The standard InChI is InChI=1S/C18H24O6/c1-8(2)16(19)24-9-5-10-11(6-9)13-7-12(10)14(17(20)22-3)15(13)18(21)23-4/h9-15H,1,5-7H2,2-4H3. The summed E-state index contributed by atoms with van der Waals surface area (Å²) in [5.41, 5.74) is 0.384. The lowest BCUT2D eigenvalue weighted by molar-refractivity contribution is -0.162. The van der Waals surface area contributed by atoms with Gasteiger partial charge in [0.1, 0.15) is 6.10 Å². The van der Waals surface area contributed by atoms with Crippen LogP contribution in [0.4, 0.5) is 0 Å². The molecular weight excluding hydrogens is 312 g/mol. The number of rotatable bonds is 4. The summed E-state index contributed by atoms with van der Waals surface area (Å²) in [6.07, 6.45) is 2.17. The van der Waals surface area contributed by atoms with Gasteiger partial charge in [-0.2, -0.15) is 0 Å². The fourth-order valence-electron chi connectivity index (χ4n) is 5.32. The van der Waals surface area contributed by atoms with E-state index in [0.29, 0.717) is 17.4 Å². The first-order chi connectivity index (χ1) is 11.4. The molecule has 3 rings (SSSR count). The first kappa shape index (κ1) is 17.0. The van der Waals surface area contributed by atoms with E-state index >= 15 is 0 Å². The Morgan fingerprint density at radius 2 is 1.29 bits per heavy atom. The van der Waals surface area contributed by atoms with E-state index in [-0.39, 0.29) is 35.8 Å². The van der Waals surface area contributed by atoms with Gasteiger partial charge in [0.05, 0.1) is 26.1 Å². The predicted molar refractivity (Wildman–Crippen MR) is 83.5 cm³/mol. The number of hydrogen-bond donors (Lipinski definition) is 0. The Labute approximate surface area is 141 Å². The number of carbonyl (C=O) groups is 3. The summed E-state index contributed by atoms with van der Waals surface area (Å²) in [4.78, 5) is 36.3. The Kier molecular flexibility index (Phi) is 4.40. The van der Waals surface area contributed by atoms with Crippen molar-refractivity contribution in [3.63, 3.8) is 0 Å². The van der Waals surface area contributed by atoms with Crippen LogP contribution < -0.4 is 0 Å². The maximum absolute atomic E-state index is 12.2. The van der Waals surface area contributed by atoms with Gasteiger partial charge in [-0.05, 0) is 49.9 Å². The van der Waals surface area contributed by atoms with Gasteiger partial charge in [0, 0.05) is 5.57 Å². The molecule has 0 radical (unpaired) electrons. The van der Waals surface area contributed by atoms with Crippen molar-refractivity contribution in [2.75, 3.05) is 14.2 Å². The molecule has 24 heavy (non-hydrogen) atoms. The van der Waals surface area contributed by atoms with E-state index < -0.39 is 11.8 Å². The summed E-state index contributed by atoms with van der Waals surface area (Å²) in [6, 6.07) is 0. The molecule has 0 N–H and O–H groups in total. The summed E-state index contributed by atoms with van der Waals surface area (Å²) >= 11 is 0. The van der Waals surface area contributed by atoms with Crippen LogP contribution in [-0.2, 0) is 28.6 Å². The van der Waals surface area contributed by atoms with Crippen LogP contribution >= 0.6 is 0 Å². The molecule has 6 heteroatoms. The normalized spacial score (nSPS) is 39.2. The topological polar surface area (TPSA) is 78.9 Å². The highest BCUT2D eigenvalue weighted by Crippen LogP contribution is 2.64. The van der Waals surface area contributed by atoms with E-state index in [1.807, 2.05) is 0 Å². The van der Waals surface area contributed by atoms with Gasteiger partial charge in [0.2, 0.25) is 0 Å². The lowest BCUT2D eigenvalue weighted by Gasteiger charge is -2.34. The minimum Gasteiger partial charge on any atom is -0.469 e. The van der Waals surface area contributed by atoms with Crippen LogP contribution in [0.15, 0.2) is 12.2 Å². The molecule has 0 amide bonds. The second-order valence-corrected chi connectivity index (χ2v) is 7.27. The Morgan fingerprint density at radius 1 is 0.833 bits per heavy atom. The van der Waals surface area contributed by atoms with Crippen LogP contribution in [0.5, 0.6) is 0 Å². The van der Waals surface area contributed by atoms with Gasteiger partial charge in [-0.25, -0.2) is 4.79 Å². The van der Waals surface area contributed by atoms with Crippen LogP contribution in [0, 0.1) is 35.5 Å². The van der Waals surface area contributed by atoms with Crippen molar-refractivity contribution in [1.82, 2.24) is 0 Å². The first-order valence-corrected chi connectivity index (χ1v) is 8.41. The Balaban J connectivity index is 1.79. The zero-order valence-electron chi connectivity index (χ0n) is 14.3. The number of esters is 3. The van der Waals surface area contributed by atoms with Gasteiger partial charge < -0.3 is 14.2 Å². The van der Waals surface area contributed by atoms with E-state index in [4.69, 9.17) is 14.2 Å². The van der Waals surface area contributed by atoms with E-state index in [9.17, 15) is 14.4 Å². The fourth-order valence-corrected chi connectivity index (χ4v) is 5.32. The summed E-state index contributed by atoms with van der Waals surface area (Å²) in [5, 5.41) is 0. The third-order valence-corrected chi connectivity index (χ3v) is 6.14. The van der Waals surface area contributed by atoms with Gasteiger partial charge in [0.15, 0.2) is 0 Å². The molecule has 3 aliphatic carbocycles. The average Bonchev–Trinajstić information content (AvgIpc) is 3.22. The smallest absolute Gasteiger partial charge is 0.333 e. The Hall–Kier alpha value is -1.85. The van der Waals surface area contributed by atoms with Crippen molar-refractivity contribution in [3.05, 3.63) is 12.2 Å². The van der Waals surface area contributed by atoms with Crippen LogP contribution in [0.3, 0.4) is 0 Å². The molecule has 3 aliphatic rings. The third kappa shape index (κ3) is 2.52. The maximum Gasteiger partial charge on any atom is 0.333 e. The van der Waals surface area contributed by atoms with Crippen LogP contribution in [-0.4, -0.2) is 38.2 Å². The number of carbonyl (C=O) groups excluding carboxylic acids is 3. The van der Waals surface area contributed by atoms with Crippen molar-refractivity contribution in [3.8, 4) is 0 Å². The van der Waals surface area contributed by atoms with Crippen molar-refractivity contribution in [1.29, 1.82) is 0 Å². The number of fused-ring (bicyclic) bond motifs is 5. The molecule has 0 aliphatic heterocycles. The molecule has 2 bridgehead atoms. The van der Waals surface area contributed by atoms with E-state index in [1.54, 1.807) is 6.92 Å². The molecule has 0 heterocycles. The van der Waals surface area contributed by atoms with Crippen molar-refractivity contribution >= 4 is 17.9 Å². The van der Waals surface area contributed by atoms with Gasteiger partial charge in [-0.15, -0.1) is 0 Å². The Bertz CT molecular complexity index is 546. The van der Waals surface area contributed by atoms with E-state index in [1.165, 1.54) is 14.2 Å². The quantitative estimate of drug-likeness (QED) is 0.442. The number of hydrogen-bond acceptors (Lipinski definition) is 6. The molecule has 6 nitrogen and oxygen atoms in total. The second-order valence-electron chi connectivity index (χ2n) is 7.27. The first-order valence-electron chi connectivity index (χ1n) is 8.41. The molecule has 6 atom stereocenters. The average molecular weight is 336 g/mol. The highest BCUT2D eigenvalue weighted by molar-refractivity contribution is 5.87. The molecule has 3 fully saturated rings. The van der Waals surface area contributed by atoms with Crippen molar-refractivity contribution < 1.29 is 28.6 Å². The van der Waals surface area contributed by atoms with Gasteiger partial charge in [-0.1, -0.05) is 6.58 Å². The minimum atomic E-state index is -0.440. The van der Waals surface area contributed by atoms with Gasteiger partial charge in [-0.3, -0.25) is 9.59 Å². The predicted octanol–water partition coefficient (Wildman–Crippen LogP) is 1.73. The van der Waals surface area contributed by atoms with Crippen molar-refractivity contribution in [2.45, 2.75) is 32.3 Å². The highest BCUT2D eigenvalue weighted by atomic mass is 16.5. The molecule has 0 aromatic rings. The van der Waals surface area contributed by atoms with E-state index in [2.05, 4.69) is 6.58 Å². The van der Waals surface area contributed by atoms with Crippen LogP contribution in [0.1, 0.15) is 26.2 Å². The SMILES string of the molecule is C=C(C)C(=O)OC1CC2C(C1)C1CC2C(C(=O)OC)C1C(=O)OC. The molecule has 6 unspecified atom stereocenters. The molecule has 0 aromatic carbocycles. The fraction of sp³-hybridized carbons (Fsp3) is 0.722. The molecule has 3 saturated carbocycles. The molecule has 0 saturated heterocycles. The van der Waals surface area contributed by atoms with Crippen molar-refractivity contribution in [2.24, 2.45) is 35.5 Å². The molecular formula is C18H24O6. The highest BCUT2D eigenvalue weighted by Gasteiger charge is 2.65. The summed E-state index contributed by atoms with van der Waals surface area (Å²) in [6.45, 7) is 5.23. The molecule has 132 valence electrons. The monoisotopic (exact) mass is 336 g/mol. The minimum absolute atomic E-state index is 0.102. The zero-order valence-corrected chi connectivity index (χ0v) is 14.3. The number of methoxy groups -OCH3 is 2. The summed E-state index contributed by atoms with van der Waals surface area (Å²) < 4.78 is 15.4. The lowest BCUT2D eigenvalue weighted by Crippen LogP contribution is -2.41. The largest absolute Gasteiger partial charge is 0.469 e. The van der Waals surface area contributed by atoms with Gasteiger partial charge >= 0.3 is 17.9 Å². The number of ether oxygens (including phenoxy) is 3. The molecule has 0 aromatic heterocycles. The summed E-state index contributed by atoms with van der Waals surface area (Å²) in [5.74, 6) is -1.13.